The quantitative estimate of drug-likeness (QED) is 0.225. The highest BCUT2D eigenvalue weighted by molar-refractivity contribution is 5.92. The zero-order valence-corrected chi connectivity index (χ0v) is 24.7. The fourth-order valence-electron chi connectivity index (χ4n) is 6.17. The summed E-state index contributed by atoms with van der Waals surface area (Å²) in [5.41, 5.74) is 14.5. The van der Waals surface area contributed by atoms with E-state index in [-0.39, 0.29) is 24.4 Å². The van der Waals surface area contributed by atoms with Crippen LogP contribution in [0.5, 0.6) is 0 Å². The van der Waals surface area contributed by atoms with Crippen LogP contribution in [0.15, 0.2) is 24.3 Å². The first-order valence-corrected chi connectivity index (χ1v) is 14.3. The molecular weight excluding hydrogens is 500 g/mol. The van der Waals surface area contributed by atoms with Crippen molar-refractivity contribution in [3.63, 3.8) is 0 Å². The zero-order valence-electron chi connectivity index (χ0n) is 24.7. The van der Waals surface area contributed by atoms with Crippen LogP contribution in [0, 0.1) is 20.8 Å². The predicted molar refractivity (Wildman–Crippen MR) is 161 cm³/mol. The number of fused-ring (bicyclic) bond motifs is 8. The fraction of sp³-hybridized carbons (Fsp3) is 0.424. The van der Waals surface area contributed by atoms with Crippen LogP contribution < -0.4 is 0 Å². The Morgan fingerprint density at radius 3 is 2.35 bits per heavy atom. The molecule has 2 aliphatic heterocycles. The minimum atomic E-state index is -0.248. The van der Waals surface area contributed by atoms with Crippen LogP contribution >= 0.6 is 0 Å². The van der Waals surface area contributed by atoms with Crippen molar-refractivity contribution in [1.82, 2.24) is 19.9 Å². The van der Waals surface area contributed by atoms with Gasteiger partial charge in [-0.15, -0.1) is 0 Å². The second-order valence-electron chi connectivity index (χ2n) is 11.2. The van der Waals surface area contributed by atoms with E-state index in [1.54, 1.807) is 0 Å². The molecule has 0 aromatic carbocycles. The number of aliphatic hydroxyl groups excluding tert-OH is 1. The number of hydrogen-bond donors (Lipinski definition) is 3. The van der Waals surface area contributed by atoms with Crippen LogP contribution in [0.2, 0.25) is 0 Å². The Kier molecular flexibility index (Phi) is 7.69. The number of ether oxygens (including phenoxy) is 1. The van der Waals surface area contributed by atoms with Crippen LogP contribution in [0.4, 0.5) is 0 Å². The molecule has 0 saturated carbocycles. The van der Waals surface area contributed by atoms with E-state index in [4.69, 9.17) is 14.7 Å². The van der Waals surface area contributed by atoms with Gasteiger partial charge in [-0.05, 0) is 99.1 Å². The second-order valence-corrected chi connectivity index (χ2v) is 11.2. The van der Waals surface area contributed by atoms with Crippen molar-refractivity contribution in [2.75, 3.05) is 6.61 Å². The molecule has 7 nitrogen and oxygen atoms in total. The van der Waals surface area contributed by atoms with Gasteiger partial charge in [-0.1, -0.05) is 13.8 Å². The minimum absolute atomic E-state index is 0.0589. The molecule has 8 bridgehead atoms. The van der Waals surface area contributed by atoms with Crippen LogP contribution in [0.1, 0.15) is 104 Å². The van der Waals surface area contributed by atoms with E-state index < -0.39 is 0 Å². The summed E-state index contributed by atoms with van der Waals surface area (Å²) in [6.45, 7) is 14.6. The summed E-state index contributed by atoms with van der Waals surface area (Å²) in [7, 11) is 0. The van der Waals surface area contributed by atoms with Gasteiger partial charge in [0.05, 0.1) is 24.6 Å². The summed E-state index contributed by atoms with van der Waals surface area (Å²) in [5, 5.41) is 10.3. The van der Waals surface area contributed by atoms with E-state index in [1.807, 2.05) is 6.92 Å². The van der Waals surface area contributed by atoms with Gasteiger partial charge in [-0.25, -0.2) is 4.98 Å². The van der Waals surface area contributed by atoms with Gasteiger partial charge in [-0.2, -0.15) is 0 Å². The van der Waals surface area contributed by atoms with Gasteiger partial charge in [-0.3, -0.25) is 9.78 Å². The highest BCUT2D eigenvalue weighted by atomic mass is 16.5. The van der Waals surface area contributed by atoms with Crippen molar-refractivity contribution in [3.05, 3.63) is 69.3 Å². The van der Waals surface area contributed by atoms with Gasteiger partial charge in [0.25, 0.3) is 0 Å². The molecule has 0 fully saturated rings. The molecule has 5 rings (SSSR count). The molecule has 5 heterocycles. The summed E-state index contributed by atoms with van der Waals surface area (Å²) < 4.78 is 5.24. The summed E-state index contributed by atoms with van der Waals surface area (Å²) in [4.78, 5) is 28.8. The van der Waals surface area contributed by atoms with Gasteiger partial charge < -0.3 is 19.8 Å². The van der Waals surface area contributed by atoms with Crippen molar-refractivity contribution >= 4 is 39.2 Å². The summed E-state index contributed by atoms with van der Waals surface area (Å²) in [6, 6.07) is 8.55. The molecule has 0 radical (unpaired) electrons. The number of aryl methyl sites for hydroxylation is 3. The smallest absolute Gasteiger partial charge is 0.302 e. The monoisotopic (exact) mass is 540 g/mol. The second kappa shape index (κ2) is 11.0. The number of rotatable bonds is 6. The molecule has 3 aromatic rings. The normalized spacial score (nSPS) is 17.0. The van der Waals surface area contributed by atoms with Crippen molar-refractivity contribution in [2.45, 2.75) is 86.2 Å². The number of hydrogen-bond acceptors (Lipinski definition) is 5. The number of carbonyl (C=O) groups is 1. The van der Waals surface area contributed by atoms with Crippen LogP contribution in [-0.2, 0) is 16.1 Å². The lowest BCUT2D eigenvalue weighted by Gasteiger charge is -2.17. The summed E-state index contributed by atoms with van der Waals surface area (Å²) in [6.07, 6.45) is 2.52. The first-order valence-electron chi connectivity index (χ1n) is 14.3. The maximum absolute atomic E-state index is 11.3. The summed E-state index contributed by atoms with van der Waals surface area (Å²) >= 11 is 0. The lowest BCUT2D eigenvalue weighted by molar-refractivity contribution is -0.141. The average Bonchev–Trinajstić information content (AvgIpc) is 3.61. The topological polar surface area (TPSA) is 104 Å². The highest BCUT2D eigenvalue weighted by Crippen LogP contribution is 2.42. The number of nitrogens with zero attached hydrogens (tertiary/aromatic N) is 2. The average molecular weight is 541 g/mol. The van der Waals surface area contributed by atoms with Crippen molar-refractivity contribution < 1.29 is 14.6 Å². The van der Waals surface area contributed by atoms with E-state index in [0.29, 0.717) is 6.61 Å². The number of nitrogens with one attached hydrogen (secondary N) is 2. The third-order valence-electron chi connectivity index (χ3n) is 8.68. The number of aromatic amines is 2. The molecule has 2 atom stereocenters. The van der Waals surface area contributed by atoms with Crippen LogP contribution in [0.3, 0.4) is 0 Å². The largest absolute Gasteiger partial charge is 0.466 e. The third kappa shape index (κ3) is 4.99. The molecule has 0 unspecified atom stereocenters. The lowest BCUT2D eigenvalue weighted by atomic mass is 9.86. The van der Waals surface area contributed by atoms with Crippen molar-refractivity contribution in [1.29, 1.82) is 0 Å². The van der Waals surface area contributed by atoms with E-state index in [0.717, 1.165) is 91.9 Å². The Hall–Kier alpha value is -3.71. The zero-order chi connectivity index (χ0) is 28.7. The van der Waals surface area contributed by atoms with E-state index >= 15 is 0 Å². The first-order chi connectivity index (χ1) is 19.1. The molecule has 0 spiro atoms. The Morgan fingerprint density at radius 2 is 1.65 bits per heavy atom. The Bertz CT molecular complexity index is 1670. The molecule has 7 heteroatoms. The van der Waals surface area contributed by atoms with Crippen molar-refractivity contribution in [3.8, 4) is 0 Å². The Morgan fingerprint density at radius 1 is 0.950 bits per heavy atom. The molecular formula is C33H40N4O3. The molecule has 0 amide bonds. The van der Waals surface area contributed by atoms with Gasteiger partial charge >= 0.3 is 5.97 Å². The molecule has 2 aliphatic rings. The number of aromatic nitrogens is 4. The molecule has 3 N–H and O–H groups in total. The first kappa shape index (κ1) is 27.8. The number of allylic oxidation sites excluding steroid dienone is 2. The molecule has 40 heavy (non-hydrogen) atoms. The number of aliphatic hydroxyl groups is 1. The third-order valence-corrected chi connectivity index (χ3v) is 8.68. The lowest BCUT2D eigenvalue weighted by Crippen LogP contribution is -2.07. The summed E-state index contributed by atoms with van der Waals surface area (Å²) in [5.74, 6) is 0.128. The molecule has 0 aliphatic carbocycles. The standard InChI is InChI=1S/C33H40N4O3/c1-8-23-18(3)29-15-32-25(16-38)20(5)28(36-32)14-30-19(4)24(10-9-11-40-22(7)39)33(37-30)21(6)27-12-17(2)26(34-27)13-31(23)35-29/h12-15,19,24,34,36,38H,8-11,16H2,1-7H3/t19-,24-/m0/s1. The molecule has 210 valence electrons. The Labute approximate surface area is 235 Å². The van der Waals surface area contributed by atoms with E-state index in [2.05, 4.69) is 68.9 Å². The minimum Gasteiger partial charge on any atom is -0.466 e. The maximum atomic E-state index is 11.3. The number of esters is 1. The number of carbonyl (C=O) groups excluding carboxylic acids is 1. The van der Waals surface area contributed by atoms with E-state index in [9.17, 15) is 9.90 Å². The van der Waals surface area contributed by atoms with Gasteiger partial charge in [0, 0.05) is 57.8 Å². The SMILES string of the molecule is CCC1=C(C)c2cc3[nH]c(cc4nc(c(C)c5cc(C)c(cc1n2)[nH]5)[C@@H](CCCOC(C)=O)[C@@H]4C)c(C)c3CO. The van der Waals surface area contributed by atoms with Crippen LogP contribution in [0.25, 0.3) is 33.2 Å². The molecule has 0 saturated heterocycles. The maximum Gasteiger partial charge on any atom is 0.302 e. The Balaban J connectivity index is 1.81. The highest BCUT2D eigenvalue weighted by Gasteiger charge is 2.30. The van der Waals surface area contributed by atoms with Crippen molar-refractivity contribution in [2.24, 2.45) is 0 Å². The number of H-pyrrole nitrogens is 2. The van der Waals surface area contributed by atoms with E-state index in [1.165, 1.54) is 12.5 Å². The van der Waals surface area contributed by atoms with Gasteiger partial charge in [0.2, 0.25) is 0 Å². The van der Waals surface area contributed by atoms with Crippen LogP contribution in [-0.4, -0.2) is 37.6 Å². The van der Waals surface area contributed by atoms with Gasteiger partial charge in [0.1, 0.15) is 0 Å². The predicted octanol–water partition coefficient (Wildman–Crippen LogP) is 7.30. The fourth-order valence-corrected chi connectivity index (χ4v) is 6.17. The molecule has 3 aromatic heterocycles. The van der Waals surface area contributed by atoms with Gasteiger partial charge in [0.15, 0.2) is 0 Å².